The maximum atomic E-state index is 12.9. The summed E-state index contributed by atoms with van der Waals surface area (Å²) in [4.78, 5) is 0. The quantitative estimate of drug-likeness (QED) is 0.881. The standard InChI is InChI=1S/C11H14BrFO/c1-2-11(14)4-3-8-5-9(12)7-10(13)6-8/h5-7,11,14H,2-4H2,1H3. The largest absolute Gasteiger partial charge is 0.393 e. The van der Waals surface area contributed by atoms with E-state index in [-0.39, 0.29) is 11.9 Å². The van der Waals surface area contributed by atoms with E-state index in [1.165, 1.54) is 12.1 Å². The smallest absolute Gasteiger partial charge is 0.124 e. The lowest BCUT2D eigenvalue weighted by Gasteiger charge is -2.07. The number of rotatable bonds is 4. The van der Waals surface area contributed by atoms with Crippen LogP contribution in [0.15, 0.2) is 22.7 Å². The zero-order chi connectivity index (χ0) is 10.6. The van der Waals surface area contributed by atoms with E-state index in [1.807, 2.05) is 13.0 Å². The van der Waals surface area contributed by atoms with Crippen LogP contribution in [0.3, 0.4) is 0 Å². The summed E-state index contributed by atoms with van der Waals surface area (Å²) in [5, 5.41) is 9.35. The second-order valence-electron chi connectivity index (χ2n) is 3.38. The third-order valence-corrected chi connectivity index (χ3v) is 2.62. The van der Waals surface area contributed by atoms with Crippen LogP contribution in [0.4, 0.5) is 4.39 Å². The number of hydrogen-bond acceptors (Lipinski definition) is 1. The highest BCUT2D eigenvalue weighted by molar-refractivity contribution is 9.10. The molecule has 1 rings (SSSR count). The Kier molecular flexibility index (Phi) is 4.55. The van der Waals surface area contributed by atoms with Gasteiger partial charge in [0.05, 0.1) is 6.10 Å². The van der Waals surface area contributed by atoms with Crippen LogP contribution in [0, 0.1) is 5.82 Å². The Bertz CT molecular complexity index is 281. The summed E-state index contributed by atoms with van der Waals surface area (Å²) in [6, 6.07) is 4.82. The van der Waals surface area contributed by atoms with Crippen molar-refractivity contribution in [2.45, 2.75) is 32.3 Å². The normalized spacial score (nSPS) is 12.9. The zero-order valence-corrected chi connectivity index (χ0v) is 9.72. The van der Waals surface area contributed by atoms with Gasteiger partial charge >= 0.3 is 0 Å². The first-order chi connectivity index (χ1) is 6.61. The second-order valence-corrected chi connectivity index (χ2v) is 4.29. The van der Waals surface area contributed by atoms with Crippen LogP contribution < -0.4 is 0 Å². The molecule has 0 aliphatic carbocycles. The van der Waals surface area contributed by atoms with Crippen LogP contribution in [0.2, 0.25) is 0 Å². The van der Waals surface area contributed by atoms with E-state index in [1.54, 1.807) is 0 Å². The van der Waals surface area contributed by atoms with Gasteiger partial charge in [0.15, 0.2) is 0 Å². The van der Waals surface area contributed by atoms with Crippen LogP contribution in [-0.2, 0) is 6.42 Å². The number of aliphatic hydroxyl groups excluding tert-OH is 1. The lowest BCUT2D eigenvalue weighted by molar-refractivity contribution is 0.160. The van der Waals surface area contributed by atoms with Crippen molar-refractivity contribution in [2.24, 2.45) is 0 Å². The van der Waals surface area contributed by atoms with Crippen LogP contribution in [0.25, 0.3) is 0 Å². The average molecular weight is 261 g/mol. The van der Waals surface area contributed by atoms with Gasteiger partial charge in [0.2, 0.25) is 0 Å². The SMILES string of the molecule is CCC(O)CCc1cc(F)cc(Br)c1. The minimum absolute atomic E-state index is 0.236. The molecule has 0 spiro atoms. The Morgan fingerprint density at radius 2 is 2.14 bits per heavy atom. The molecule has 0 aliphatic rings. The van der Waals surface area contributed by atoms with E-state index in [2.05, 4.69) is 15.9 Å². The zero-order valence-electron chi connectivity index (χ0n) is 8.13. The van der Waals surface area contributed by atoms with Gasteiger partial charge in [-0.3, -0.25) is 0 Å². The molecule has 1 nitrogen and oxygen atoms in total. The molecule has 0 radical (unpaired) electrons. The molecule has 1 atom stereocenters. The summed E-state index contributed by atoms with van der Waals surface area (Å²) in [5.41, 5.74) is 0.921. The van der Waals surface area contributed by atoms with Gasteiger partial charge in [-0.15, -0.1) is 0 Å². The highest BCUT2D eigenvalue weighted by atomic mass is 79.9. The average Bonchev–Trinajstić information content (AvgIpc) is 2.12. The summed E-state index contributed by atoms with van der Waals surface area (Å²) in [7, 11) is 0. The fourth-order valence-corrected chi connectivity index (χ4v) is 1.81. The predicted octanol–water partition coefficient (Wildman–Crippen LogP) is 3.29. The first kappa shape index (κ1) is 11.7. The van der Waals surface area contributed by atoms with Crippen molar-refractivity contribution in [1.82, 2.24) is 0 Å². The number of aliphatic hydroxyl groups is 1. The highest BCUT2D eigenvalue weighted by Crippen LogP contribution is 2.16. The minimum atomic E-state index is -0.281. The Morgan fingerprint density at radius 1 is 1.43 bits per heavy atom. The van der Waals surface area contributed by atoms with Crippen molar-refractivity contribution in [3.8, 4) is 0 Å². The molecule has 1 aromatic rings. The topological polar surface area (TPSA) is 20.2 Å². The van der Waals surface area contributed by atoms with Crippen molar-refractivity contribution < 1.29 is 9.50 Å². The van der Waals surface area contributed by atoms with Gasteiger partial charge in [0, 0.05) is 4.47 Å². The minimum Gasteiger partial charge on any atom is -0.393 e. The number of benzene rings is 1. The third kappa shape index (κ3) is 3.76. The molecule has 14 heavy (non-hydrogen) atoms. The first-order valence-corrected chi connectivity index (χ1v) is 5.54. The van der Waals surface area contributed by atoms with Crippen molar-refractivity contribution in [2.75, 3.05) is 0 Å². The first-order valence-electron chi connectivity index (χ1n) is 4.75. The Morgan fingerprint density at radius 3 is 2.71 bits per heavy atom. The molecule has 0 heterocycles. The van der Waals surface area contributed by atoms with E-state index in [0.29, 0.717) is 12.8 Å². The van der Waals surface area contributed by atoms with Crippen LogP contribution in [0.5, 0.6) is 0 Å². The fourth-order valence-electron chi connectivity index (χ4n) is 1.29. The maximum Gasteiger partial charge on any atom is 0.124 e. The molecule has 1 unspecified atom stereocenters. The van der Waals surface area contributed by atoms with E-state index < -0.39 is 0 Å². The number of aryl methyl sites for hydroxylation is 1. The van der Waals surface area contributed by atoms with Gasteiger partial charge in [0.25, 0.3) is 0 Å². The van der Waals surface area contributed by atoms with Gasteiger partial charge in [-0.1, -0.05) is 22.9 Å². The molecule has 0 fully saturated rings. The van der Waals surface area contributed by atoms with Gasteiger partial charge in [-0.25, -0.2) is 4.39 Å². The Labute approximate surface area is 92.1 Å². The monoisotopic (exact) mass is 260 g/mol. The third-order valence-electron chi connectivity index (χ3n) is 2.16. The van der Waals surface area contributed by atoms with Crippen LogP contribution >= 0.6 is 15.9 Å². The van der Waals surface area contributed by atoms with Gasteiger partial charge < -0.3 is 5.11 Å². The fraction of sp³-hybridized carbons (Fsp3) is 0.455. The molecule has 0 bridgehead atoms. The Hall–Kier alpha value is -0.410. The number of halogens is 2. The van der Waals surface area contributed by atoms with Crippen molar-refractivity contribution in [3.63, 3.8) is 0 Å². The molecular formula is C11H14BrFO. The molecule has 1 aromatic carbocycles. The van der Waals surface area contributed by atoms with Crippen molar-refractivity contribution >= 4 is 15.9 Å². The van der Waals surface area contributed by atoms with Gasteiger partial charge in [-0.05, 0) is 43.0 Å². The van der Waals surface area contributed by atoms with Crippen molar-refractivity contribution in [3.05, 3.63) is 34.1 Å². The Balaban J connectivity index is 2.58. The molecule has 0 saturated carbocycles. The summed E-state index contributed by atoms with van der Waals surface area (Å²) in [6.45, 7) is 1.94. The van der Waals surface area contributed by atoms with Crippen LogP contribution in [0.1, 0.15) is 25.3 Å². The summed E-state index contributed by atoms with van der Waals surface area (Å²) in [5.74, 6) is -0.236. The molecule has 0 aromatic heterocycles. The van der Waals surface area contributed by atoms with Gasteiger partial charge in [0.1, 0.15) is 5.82 Å². The van der Waals surface area contributed by atoms with Crippen LogP contribution in [-0.4, -0.2) is 11.2 Å². The molecule has 3 heteroatoms. The second kappa shape index (κ2) is 5.47. The molecular weight excluding hydrogens is 247 g/mol. The maximum absolute atomic E-state index is 12.9. The lowest BCUT2D eigenvalue weighted by atomic mass is 10.1. The highest BCUT2D eigenvalue weighted by Gasteiger charge is 2.03. The lowest BCUT2D eigenvalue weighted by Crippen LogP contribution is -2.05. The van der Waals surface area contributed by atoms with E-state index in [4.69, 9.17) is 0 Å². The molecule has 0 saturated heterocycles. The van der Waals surface area contributed by atoms with E-state index in [9.17, 15) is 9.50 Å². The van der Waals surface area contributed by atoms with E-state index in [0.717, 1.165) is 16.5 Å². The van der Waals surface area contributed by atoms with Crippen molar-refractivity contribution in [1.29, 1.82) is 0 Å². The summed E-state index contributed by atoms with van der Waals surface area (Å²) in [6.07, 6.45) is 1.87. The van der Waals surface area contributed by atoms with E-state index >= 15 is 0 Å². The molecule has 78 valence electrons. The predicted molar refractivity (Wildman–Crippen MR) is 58.7 cm³/mol. The summed E-state index contributed by atoms with van der Waals surface area (Å²) < 4.78 is 13.7. The molecule has 0 amide bonds. The number of hydrogen-bond donors (Lipinski definition) is 1. The molecule has 0 aliphatic heterocycles. The molecule has 1 N–H and O–H groups in total. The van der Waals surface area contributed by atoms with Gasteiger partial charge in [-0.2, -0.15) is 0 Å². The summed E-state index contributed by atoms with van der Waals surface area (Å²) >= 11 is 3.23.